The number of hydrogen-bond donors (Lipinski definition) is 3. The van der Waals surface area contributed by atoms with E-state index in [4.69, 9.17) is 5.73 Å². The van der Waals surface area contributed by atoms with E-state index in [9.17, 15) is 13.2 Å². The highest BCUT2D eigenvalue weighted by Gasteiger charge is 2.27. The molecule has 0 aliphatic heterocycles. The van der Waals surface area contributed by atoms with Gasteiger partial charge in [0.1, 0.15) is 0 Å². The Morgan fingerprint density at radius 3 is 2.50 bits per heavy atom. The molecule has 0 spiro atoms. The molecule has 138 valence electrons. The Balaban J connectivity index is 0.00000529. The van der Waals surface area contributed by atoms with Gasteiger partial charge in [0, 0.05) is 11.7 Å². The van der Waals surface area contributed by atoms with Crippen molar-refractivity contribution in [1.82, 2.24) is 4.72 Å². The molecule has 0 saturated carbocycles. The summed E-state index contributed by atoms with van der Waals surface area (Å²) < 4.78 is 27.2. The van der Waals surface area contributed by atoms with Crippen LogP contribution >= 0.6 is 12.4 Å². The Labute approximate surface area is 151 Å². The lowest BCUT2D eigenvalue weighted by molar-refractivity contribution is -0.120. The fourth-order valence-corrected chi connectivity index (χ4v) is 3.44. The van der Waals surface area contributed by atoms with E-state index in [2.05, 4.69) is 10.0 Å². The van der Waals surface area contributed by atoms with E-state index in [0.29, 0.717) is 18.5 Å². The number of nitrogens with two attached hydrogens (primary N) is 1. The number of halogens is 1. The van der Waals surface area contributed by atoms with Crippen molar-refractivity contribution in [1.29, 1.82) is 0 Å². The quantitative estimate of drug-likeness (QED) is 0.648. The lowest BCUT2D eigenvalue weighted by Gasteiger charge is -2.23. The largest absolute Gasteiger partial charge is 0.324 e. The minimum absolute atomic E-state index is 0. The van der Waals surface area contributed by atoms with E-state index in [-0.39, 0.29) is 29.3 Å². The van der Waals surface area contributed by atoms with Crippen LogP contribution in [0.4, 0.5) is 5.69 Å². The van der Waals surface area contributed by atoms with Gasteiger partial charge in [-0.3, -0.25) is 4.79 Å². The van der Waals surface area contributed by atoms with E-state index in [0.717, 1.165) is 6.42 Å². The van der Waals surface area contributed by atoms with Crippen molar-refractivity contribution < 1.29 is 13.2 Å². The number of anilines is 1. The summed E-state index contributed by atoms with van der Waals surface area (Å²) in [6, 6.07) is 6.00. The molecule has 0 aliphatic rings. The summed E-state index contributed by atoms with van der Waals surface area (Å²) in [4.78, 5) is 12.3. The Morgan fingerprint density at radius 2 is 1.96 bits per heavy atom. The van der Waals surface area contributed by atoms with E-state index >= 15 is 0 Å². The second-order valence-electron chi connectivity index (χ2n) is 6.08. The fraction of sp³-hybridized carbons (Fsp3) is 0.562. The molecule has 8 heteroatoms. The van der Waals surface area contributed by atoms with Gasteiger partial charge in [0.25, 0.3) is 0 Å². The molecule has 2 unspecified atom stereocenters. The molecule has 0 saturated heterocycles. The molecule has 1 aromatic carbocycles. The predicted octanol–water partition coefficient (Wildman–Crippen LogP) is 2.64. The standard InChI is InChI=1S/C16H27N3O3S.ClH/c1-5-10-16(4,17)15(20)18-13-8-7-9-14(11-13)23(21,22)19-12(3)6-2;/h7-9,11-12,19H,5-6,10,17H2,1-4H3,(H,18,20);1H. The average molecular weight is 378 g/mol. The van der Waals surface area contributed by atoms with Crippen molar-refractivity contribution in [3.05, 3.63) is 24.3 Å². The Kier molecular flexibility index (Phi) is 8.91. The van der Waals surface area contributed by atoms with Crippen molar-refractivity contribution in [3.63, 3.8) is 0 Å². The van der Waals surface area contributed by atoms with Crippen molar-refractivity contribution in [3.8, 4) is 0 Å². The van der Waals surface area contributed by atoms with E-state index < -0.39 is 15.6 Å². The van der Waals surface area contributed by atoms with E-state index in [1.807, 2.05) is 13.8 Å². The molecular formula is C16H28ClN3O3S. The average Bonchev–Trinajstić information content (AvgIpc) is 2.46. The number of nitrogens with one attached hydrogen (secondary N) is 2. The third-order valence-corrected chi connectivity index (χ3v) is 5.25. The summed E-state index contributed by atoms with van der Waals surface area (Å²) in [6.45, 7) is 7.32. The van der Waals surface area contributed by atoms with Gasteiger partial charge in [-0.25, -0.2) is 13.1 Å². The van der Waals surface area contributed by atoms with Crippen LogP contribution in [0.25, 0.3) is 0 Å². The number of rotatable bonds is 8. The molecule has 6 nitrogen and oxygen atoms in total. The van der Waals surface area contributed by atoms with E-state index in [1.54, 1.807) is 26.0 Å². The van der Waals surface area contributed by atoms with Gasteiger partial charge >= 0.3 is 0 Å². The van der Waals surface area contributed by atoms with Gasteiger partial charge in [0.15, 0.2) is 0 Å². The summed E-state index contributed by atoms with van der Waals surface area (Å²) >= 11 is 0. The smallest absolute Gasteiger partial charge is 0.244 e. The Bertz CT molecular complexity index is 648. The highest BCUT2D eigenvalue weighted by Crippen LogP contribution is 2.18. The van der Waals surface area contributed by atoms with Gasteiger partial charge in [0.2, 0.25) is 15.9 Å². The molecule has 1 aromatic rings. The topological polar surface area (TPSA) is 101 Å². The van der Waals surface area contributed by atoms with Gasteiger partial charge in [-0.15, -0.1) is 12.4 Å². The van der Waals surface area contributed by atoms with Gasteiger partial charge < -0.3 is 11.1 Å². The maximum Gasteiger partial charge on any atom is 0.244 e. The fourth-order valence-electron chi connectivity index (χ4n) is 2.06. The molecule has 0 aromatic heterocycles. The highest BCUT2D eigenvalue weighted by atomic mass is 35.5. The number of carbonyl (C=O) groups excluding carboxylic acids is 1. The number of carbonyl (C=O) groups is 1. The number of benzene rings is 1. The molecule has 0 radical (unpaired) electrons. The normalized spacial score (nSPS) is 15.0. The first-order valence-corrected chi connectivity index (χ1v) is 9.33. The molecular weight excluding hydrogens is 350 g/mol. The zero-order valence-corrected chi connectivity index (χ0v) is 16.3. The molecule has 0 fully saturated rings. The number of amides is 1. The van der Waals surface area contributed by atoms with Crippen molar-refractivity contribution in [2.75, 3.05) is 5.32 Å². The first-order valence-electron chi connectivity index (χ1n) is 7.85. The van der Waals surface area contributed by atoms with Crippen molar-refractivity contribution in [2.45, 2.75) is 63.4 Å². The zero-order chi connectivity index (χ0) is 17.7. The lowest BCUT2D eigenvalue weighted by atomic mass is 9.96. The molecule has 1 amide bonds. The van der Waals surface area contributed by atoms with Crippen LogP contribution < -0.4 is 15.8 Å². The summed E-state index contributed by atoms with van der Waals surface area (Å²) in [5, 5.41) is 2.69. The van der Waals surface area contributed by atoms with Gasteiger partial charge in [-0.2, -0.15) is 0 Å². The molecule has 2 atom stereocenters. The van der Waals surface area contributed by atoms with Crippen LogP contribution in [-0.4, -0.2) is 25.9 Å². The number of hydrogen-bond acceptors (Lipinski definition) is 4. The van der Waals surface area contributed by atoms with Crippen LogP contribution in [0.15, 0.2) is 29.2 Å². The minimum Gasteiger partial charge on any atom is -0.324 e. The van der Waals surface area contributed by atoms with Crippen LogP contribution in [-0.2, 0) is 14.8 Å². The first kappa shape index (κ1) is 22.9. The van der Waals surface area contributed by atoms with Crippen LogP contribution in [0.2, 0.25) is 0 Å². The van der Waals surface area contributed by atoms with Crippen molar-refractivity contribution in [2.24, 2.45) is 5.73 Å². The Morgan fingerprint density at radius 1 is 1.33 bits per heavy atom. The third-order valence-electron chi connectivity index (χ3n) is 3.66. The third kappa shape index (κ3) is 6.39. The van der Waals surface area contributed by atoms with Crippen LogP contribution in [0.3, 0.4) is 0 Å². The molecule has 1 rings (SSSR count). The van der Waals surface area contributed by atoms with Gasteiger partial charge in [-0.1, -0.05) is 26.3 Å². The van der Waals surface area contributed by atoms with E-state index in [1.165, 1.54) is 12.1 Å². The summed E-state index contributed by atoms with van der Waals surface area (Å²) in [5.41, 5.74) is 5.41. The van der Waals surface area contributed by atoms with Crippen molar-refractivity contribution >= 4 is 34.0 Å². The lowest BCUT2D eigenvalue weighted by Crippen LogP contribution is -2.48. The maximum absolute atomic E-state index is 12.3. The molecule has 0 aliphatic carbocycles. The summed E-state index contributed by atoms with van der Waals surface area (Å²) in [5.74, 6) is -0.330. The van der Waals surface area contributed by atoms with Gasteiger partial charge in [-0.05, 0) is 44.9 Å². The van der Waals surface area contributed by atoms with Crippen LogP contribution in [0, 0.1) is 0 Å². The second-order valence-corrected chi connectivity index (χ2v) is 7.79. The first-order chi connectivity index (χ1) is 10.6. The SMILES string of the molecule is CCCC(C)(N)C(=O)Nc1cccc(S(=O)(=O)NC(C)CC)c1.Cl. The summed E-state index contributed by atoms with van der Waals surface area (Å²) in [6.07, 6.45) is 2.03. The number of sulfonamides is 1. The molecule has 0 heterocycles. The minimum atomic E-state index is -3.61. The molecule has 4 N–H and O–H groups in total. The van der Waals surface area contributed by atoms with Crippen LogP contribution in [0.5, 0.6) is 0 Å². The predicted molar refractivity (Wildman–Crippen MR) is 99.9 cm³/mol. The monoisotopic (exact) mass is 377 g/mol. The molecule has 24 heavy (non-hydrogen) atoms. The molecule has 0 bridgehead atoms. The Hall–Kier alpha value is -1.15. The zero-order valence-electron chi connectivity index (χ0n) is 14.6. The maximum atomic E-state index is 12.3. The van der Waals surface area contributed by atoms with Crippen LogP contribution in [0.1, 0.15) is 47.0 Å². The van der Waals surface area contributed by atoms with Gasteiger partial charge in [0.05, 0.1) is 10.4 Å². The second kappa shape index (κ2) is 9.36. The summed E-state index contributed by atoms with van der Waals surface area (Å²) in [7, 11) is -3.61. The highest BCUT2D eigenvalue weighted by molar-refractivity contribution is 7.89.